The summed E-state index contributed by atoms with van der Waals surface area (Å²) in [6.45, 7) is 7.65. The number of hydrogen-bond donors (Lipinski definition) is 0. The molecule has 1 aliphatic heterocycles. The quantitative estimate of drug-likeness (QED) is 0.704. The van der Waals surface area contributed by atoms with Crippen molar-refractivity contribution in [1.82, 2.24) is 0 Å². The van der Waals surface area contributed by atoms with Crippen LogP contribution >= 0.6 is 0 Å². The van der Waals surface area contributed by atoms with Crippen molar-refractivity contribution < 1.29 is 9.47 Å². The van der Waals surface area contributed by atoms with E-state index in [9.17, 15) is 0 Å². The first-order chi connectivity index (χ1) is 7.24. The van der Waals surface area contributed by atoms with Crippen LogP contribution in [-0.2, 0) is 9.47 Å². The number of rotatable bonds is 4. The topological polar surface area (TPSA) is 18.5 Å². The molecule has 84 valence electrons. The van der Waals surface area contributed by atoms with Crippen LogP contribution in [-0.4, -0.2) is 13.2 Å². The summed E-state index contributed by atoms with van der Waals surface area (Å²) in [6, 6.07) is 0. The van der Waals surface area contributed by atoms with Gasteiger partial charge in [0.1, 0.15) is 13.2 Å². The lowest BCUT2D eigenvalue weighted by molar-refractivity contribution is 0.0768. The molecule has 0 fully saturated rings. The van der Waals surface area contributed by atoms with Crippen LogP contribution in [0.25, 0.3) is 0 Å². The Morgan fingerprint density at radius 2 is 1.73 bits per heavy atom. The fraction of sp³-hybridized carbons (Fsp3) is 0.538. The number of ether oxygens (including phenoxy) is 2. The Hall–Kier alpha value is -1.18. The first-order valence-electron chi connectivity index (χ1n) is 5.53. The second-order valence-electron chi connectivity index (χ2n) is 3.96. The first kappa shape index (κ1) is 11.9. The zero-order chi connectivity index (χ0) is 11.1. The zero-order valence-corrected chi connectivity index (χ0v) is 9.82. The minimum Gasteiger partial charge on any atom is -0.486 e. The van der Waals surface area contributed by atoms with E-state index in [0.29, 0.717) is 19.1 Å². The molecule has 0 N–H and O–H groups in total. The van der Waals surface area contributed by atoms with Crippen molar-refractivity contribution in [2.45, 2.75) is 27.2 Å². The van der Waals surface area contributed by atoms with Crippen LogP contribution in [0.5, 0.6) is 0 Å². The van der Waals surface area contributed by atoms with E-state index in [-0.39, 0.29) is 0 Å². The molecule has 0 unspecified atom stereocenters. The molecule has 1 heterocycles. The van der Waals surface area contributed by atoms with Crippen LogP contribution in [0.2, 0.25) is 0 Å². The van der Waals surface area contributed by atoms with Gasteiger partial charge in [-0.1, -0.05) is 26.0 Å². The molecule has 0 aromatic rings. The number of allylic oxidation sites excluding steroid dienone is 4. The van der Waals surface area contributed by atoms with Gasteiger partial charge in [-0.25, -0.2) is 0 Å². The van der Waals surface area contributed by atoms with Gasteiger partial charge >= 0.3 is 0 Å². The lowest BCUT2D eigenvalue weighted by Crippen LogP contribution is -2.11. The van der Waals surface area contributed by atoms with Crippen molar-refractivity contribution in [2.24, 2.45) is 5.92 Å². The zero-order valence-electron chi connectivity index (χ0n) is 9.82. The van der Waals surface area contributed by atoms with Crippen molar-refractivity contribution in [1.29, 1.82) is 0 Å². The van der Waals surface area contributed by atoms with Crippen LogP contribution in [0.15, 0.2) is 35.8 Å². The van der Waals surface area contributed by atoms with E-state index in [1.54, 1.807) is 0 Å². The highest BCUT2D eigenvalue weighted by Crippen LogP contribution is 2.16. The lowest BCUT2D eigenvalue weighted by atomic mass is 10.1. The molecule has 2 heteroatoms. The predicted octanol–water partition coefficient (Wildman–Crippen LogP) is 3.42. The number of hydrogen-bond acceptors (Lipinski definition) is 2. The molecule has 1 rings (SSSR count). The predicted molar refractivity (Wildman–Crippen MR) is 62.3 cm³/mol. The second kappa shape index (κ2) is 6.33. The van der Waals surface area contributed by atoms with Crippen molar-refractivity contribution in [3.63, 3.8) is 0 Å². The Morgan fingerprint density at radius 3 is 2.27 bits per heavy atom. The molecular formula is C13H20O2. The maximum atomic E-state index is 5.54. The minimum absolute atomic E-state index is 0.640. The average molecular weight is 208 g/mol. The van der Waals surface area contributed by atoms with Crippen LogP contribution in [0, 0.1) is 5.92 Å². The minimum atomic E-state index is 0.640. The maximum Gasteiger partial charge on any atom is 0.161 e. The van der Waals surface area contributed by atoms with E-state index in [2.05, 4.69) is 19.9 Å². The molecule has 0 amide bonds. The summed E-state index contributed by atoms with van der Waals surface area (Å²) in [4.78, 5) is 0. The van der Waals surface area contributed by atoms with Gasteiger partial charge in [0.2, 0.25) is 0 Å². The van der Waals surface area contributed by atoms with Crippen molar-refractivity contribution >= 4 is 0 Å². The Morgan fingerprint density at radius 1 is 1.13 bits per heavy atom. The highest BCUT2D eigenvalue weighted by Gasteiger charge is 2.09. The van der Waals surface area contributed by atoms with Crippen LogP contribution in [0.4, 0.5) is 0 Å². The third kappa shape index (κ3) is 4.24. The van der Waals surface area contributed by atoms with Gasteiger partial charge < -0.3 is 9.47 Å². The largest absolute Gasteiger partial charge is 0.486 e. The fourth-order valence-electron chi connectivity index (χ4n) is 1.30. The molecule has 2 nitrogen and oxygen atoms in total. The Kier molecular flexibility index (Phi) is 5.02. The Labute approximate surface area is 92.3 Å². The molecule has 15 heavy (non-hydrogen) atoms. The third-order valence-electron chi connectivity index (χ3n) is 2.04. The van der Waals surface area contributed by atoms with E-state index < -0.39 is 0 Å². The van der Waals surface area contributed by atoms with E-state index in [4.69, 9.17) is 9.47 Å². The molecule has 0 radical (unpaired) electrons. The Balaban J connectivity index is 2.65. The van der Waals surface area contributed by atoms with E-state index in [0.717, 1.165) is 17.9 Å². The van der Waals surface area contributed by atoms with Crippen LogP contribution in [0.1, 0.15) is 27.2 Å². The normalized spacial score (nSPS) is 17.6. The summed E-state index contributed by atoms with van der Waals surface area (Å²) in [6.07, 6.45) is 9.11. The SMILES string of the molecule is C/C=C\C1=C(/C=C\CC(C)C)OCCO1. The standard InChI is InChI=1S/C13H20O2/c1-4-6-12-13(15-10-9-14-12)8-5-7-11(2)3/h4-6,8,11H,7,9-10H2,1-3H3/b6-4-,8-5-. The molecule has 0 bridgehead atoms. The lowest BCUT2D eigenvalue weighted by Gasteiger charge is -2.18. The van der Waals surface area contributed by atoms with Gasteiger partial charge in [-0.15, -0.1) is 0 Å². The highest BCUT2D eigenvalue weighted by molar-refractivity contribution is 5.25. The van der Waals surface area contributed by atoms with E-state index in [1.165, 1.54) is 0 Å². The molecule has 0 aromatic heterocycles. The smallest absolute Gasteiger partial charge is 0.161 e. The molecule has 0 spiro atoms. The molecule has 0 saturated carbocycles. The van der Waals surface area contributed by atoms with Gasteiger partial charge in [0.15, 0.2) is 11.5 Å². The van der Waals surface area contributed by atoms with Gasteiger partial charge in [0.25, 0.3) is 0 Å². The second-order valence-corrected chi connectivity index (χ2v) is 3.96. The van der Waals surface area contributed by atoms with Gasteiger partial charge in [0, 0.05) is 0 Å². The van der Waals surface area contributed by atoms with Crippen LogP contribution < -0.4 is 0 Å². The molecule has 1 aliphatic rings. The Bertz CT molecular complexity index is 272. The molecule has 0 aliphatic carbocycles. The molecule has 0 atom stereocenters. The van der Waals surface area contributed by atoms with Crippen molar-refractivity contribution in [3.8, 4) is 0 Å². The van der Waals surface area contributed by atoms with Gasteiger partial charge in [-0.2, -0.15) is 0 Å². The summed E-state index contributed by atoms with van der Waals surface area (Å²) in [5.41, 5.74) is 0. The average Bonchev–Trinajstić information content (AvgIpc) is 2.20. The van der Waals surface area contributed by atoms with E-state index in [1.807, 2.05) is 25.2 Å². The maximum absolute atomic E-state index is 5.54. The summed E-state index contributed by atoms with van der Waals surface area (Å²) >= 11 is 0. The van der Waals surface area contributed by atoms with Crippen molar-refractivity contribution in [3.05, 3.63) is 35.8 Å². The summed E-state index contributed by atoms with van der Waals surface area (Å²) in [5, 5.41) is 0. The van der Waals surface area contributed by atoms with Gasteiger partial charge in [0.05, 0.1) is 0 Å². The van der Waals surface area contributed by atoms with E-state index >= 15 is 0 Å². The summed E-state index contributed by atoms with van der Waals surface area (Å²) in [7, 11) is 0. The highest BCUT2D eigenvalue weighted by atomic mass is 16.6. The van der Waals surface area contributed by atoms with Crippen molar-refractivity contribution in [2.75, 3.05) is 13.2 Å². The third-order valence-corrected chi connectivity index (χ3v) is 2.04. The molecule has 0 saturated heterocycles. The van der Waals surface area contributed by atoms with Gasteiger partial charge in [-0.3, -0.25) is 0 Å². The molecule has 0 aromatic carbocycles. The first-order valence-corrected chi connectivity index (χ1v) is 5.53. The fourth-order valence-corrected chi connectivity index (χ4v) is 1.30. The van der Waals surface area contributed by atoms with Gasteiger partial charge in [-0.05, 0) is 31.4 Å². The monoisotopic (exact) mass is 208 g/mol. The van der Waals surface area contributed by atoms with Crippen LogP contribution in [0.3, 0.4) is 0 Å². The summed E-state index contributed by atoms with van der Waals surface area (Å²) in [5.74, 6) is 2.36. The summed E-state index contributed by atoms with van der Waals surface area (Å²) < 4.78 is 11.0. The molecular weight excluding hydrogens is 188 g/mol.